The Hall–Kier alpha value is -2.21. The third-order valence-electron chi connectivity index (χ3n) is 3.26. The van der Waals surface area contributed by atoms with Crippen molar-refractivity contribution in [1.29, 1.82) is 0 Å². The second kappa shape index (κ2) is 4.42. The van der Waals surface area contributed by atoms with E-state index in [4.69, 9.17) is 0 Å². The molecule has 0 unspecified atom stereocenters. The number of rotatable bonds is 2. The minimum atomic E-state index is -4.09. The normalized spacial score (nSPS) is 16.1. The number of benzene rings is 2. The fourth-order valence-corrected chi connectivity index (χ4v) is 3.70. The SMILES string of the molecule is O=C1CCC(=O)N1S(=O)(=O)c1ccc2ccccc2c1. The third-order valence-corrected chi connectivity index (χ3v) is 5.00. The number of hydrogen-bond acceptors (Lipinski definition) is 4. The highest BCUT2D eigenvalue weighted by molar-refractivity contribution is 7.90. The number of nitrogens with zero attached hydrogens (tertiary/aromatic N) is 1. The largest absolute Gasteiger partial charge is 0.273 e. The van der Waals surface area contributed by atoms with Crippen molar-refractivity contribution in [2.45, 2.75) is 17.7 Å². The molecule has 20 heavy (non-hydrogen) atoms. The first-order valence-corrected chi connectivity index (χ1v) is 7.54. The summed E-state index contributed by atoms with van der Waals surface area (Å²) in [5, 5.41) is 1.64. The van der Waals surface area contributed by atoms with Crippen LogP contribution in [0.1, 0.15) is 12.8 Å². The Morgan fingerprint density at radius 3 is 2.10 bits per heavy atom. The van der Waals surface area contributed by atoms with Crippen LogP contribution in [-0.2, 0) is 19.6 Å². The predicted molar refractivity (Wildman–Crippen MR) is 72.2 cm³/mol. The van der Waals surface area contributed by atoms with Crippen molar-refractivity contribution >= 4 is 32.6 Å². The van der Waals surface area contributed by atoms with Gasteiger partial charge < -0.3 is 0 Å². The number of carbonyl (C=O) groups excluding carboxylic acids is 2. The number of fused-ring (bicyclic) bond motifs is 1. The second-order valence-electron chi connectivity index (χ2n) is 4.57. The molecule has 1 aliphatic heterocycles. The summed E-state index contributed by atoms with van der Waals surface area (Å²) >= 11 is 0. The molecular formula is C14H11NO4S. The number of imide groups is 1. The molecule has 0 atom stereocenters. The zero-order valence-corrected chi connectivity index (χ0v) is 11.3. The molecule has 0 bridgehead atoms. The van der Waals surface area contributed by atoms with Crippen LogP contribution in [-0.4, -0.2) is 24.5 Å². The van der Waals surface area contributed by atoms with E-state index in [0.717, 1.165) is 10.8 Å². The van der Waals surface area contributed by atoms with Crippen LogP contribution in [0.2, 0.25) is 0 Å². The lowest BCUT2D eigenvalue weighted by Crippen LogP contribution is -2.35. The van der Waals surface area contributed by atoms with Crippen LogP contribution < -0.4 is 0 Å². The van der Waals surface area contributed by atoms with Crippen LogP contribution in [0.3, 0.4) is 0 Å². The van der Waals surface area contributed by atoms with Gasteiger partial charge in [0.05, 0.1) is 4.90 Å². The predicted octanol–water partition coefficient (Wildman–Crippen LogP) is 1.68. The van der Waals surface area contributed by atoms with Crippen molar-refractivity contribution in [2.24, 2.45) is 0 Å². The number of hydrogen-bond donors (Lipinski definition) is 0. The van der Waals surface area contributed by atoms with Gasteiger partial charge in [0.25, 0.3) is 10.0 Å². The summed E-state index contributed by atoms with van der Waals surface area (Å²) in [7, 11) is -4.09. The van der Waals surface area contributed by atoms with E-state index in [0.29, 0.717) is 4.31 Å². The molecule has 3 rings (SSSR count). The van der Waals surface area contributed by atoms with Crippen molar-refractivity contribution in [1.82, 2.24) is 4.31 Å². The lowest BCUT2D eigenvalue weighted by Gasteiger charge is -2.14. The molecule has 0 aromatic heterocycles. The topological polar surface area (TPSA) is 71.5 Å². The number of sulfonamides is 1. The van der Waals surface area contributed by atoms with Gasteiger partial charge in [-0.25, -0.2) is 8.42 Å². The van der Waals surface area contributed by atoms with Gasteiger partial charge in [0.1, 0.15) is 0 Å². The molecule has 2 aromatic rings. The van der Waals surface area contributed by atoms with Crippen LogP contribution in [0, 0.1) is 0 Å². The van der Waals surface area contributed by atoms with Gasteiger partial charge in [-0.05, 0) is 22.9 Å². The van der Waals surface area contributed by atoms with Crippen LogP contribution in [0.5, 0.6) is 0 Å². The molecule has 0 N–H and O–H groups in total. The quantitative estimate of drug-likeness (QED) is 0.789. The highest BCUT2D eigenvalue weighted by Gasteiger charge is 2.39. The van der Waals surface area contributed by atoms with Gasteiger partial charge in [0.15, 0.2) is 0 Å². The highest BCUT2D eigenvalue weighted by atomic mass is 32.2. The van der Waals surface area contributed by atoms with Crippen LogP contribution in [0.4, 0.5) is 0 Å². The zero-order valence-electron chi connectivity index (χ0n) is 10.4. The molecule has 2 aromatic carbocycles. The Labute approximate surface area is 115 Å². The van der Waals surface area contributed by atoms with Crippen LogP contribution in [0.25, 0.3) is 10.8 Å². The molecule has 0 saturated carbocycles. The standard InChI is InChI=1S/C14H11NO4S/c16-13-7-8-14(17)15(13)20(18,19)12-6-5-10-3-1-2-4-11(10)9-12/h1-6,9H,7-8H2. The summed E-state index contributed by atoms with van der Waals surface area (Å²) in [4.78, 5) is 23.1. The number of amides is 2. The zero-order chi connectivity index (χ0) is 14.3. The molecule has 2 amide bonds. The number of carbonyl (C=O) groups is 2. The van der Waals surface area contributed by atoms with E-state index >= 15 is 0 Å². The van der Waals surface area contributed by atoms with Gasteiger partial charge in [-0.15, -0.1) is 0 Å². The van der Waals surface area contributed by atoms with Gasteiger partial charge >= 0.3 is 0 Å². The molecule has 5 nitrogen and oxygen atoms in total. The van der Waals surface area contributed by atoms with Gasteiger partial charge in [-0.3, -0.25) is 9.59 Å². The molecule has 0 aliphatic carbocycles. The van der Waals surface area contributed by atoms with Crippen molar-refractivity contribution < 1.29 is 18.0 Å². The van der Waals surface area contributed by atoms with Gasteiger partial charge in [0.2, 0.25) is 11.8 Å². The summed E-state index contributed by atoms with van der Waals surface area (Å²) in [5.74, 6) is -1.33. The maximum Gasteiger partial charge on any atom is 0.273 e. The average Bonchev–Trinajstić information content (AvgIpc) is 2.78. The molecule has 1 aliphatic rings. The summed E-state index contributed by atoms with van der Waals surface area (Å²) < 4.78 is 25.2. The molecule has 0 radical (unpaired) electrons. The molecule has 6 heteroatoms. The first kappa shape index (κ1) is 12.8. The Kier molecular flexibility index (Phi) is 2.83. The first-order chi connectivity index (χ1) is 9.50. The molecule has 102 valence electrons. The Bertz CT molecular complexity index is 810. The summed E-state index contributed by atoms with van der Waals surface area (Å²) in [6.45, 7) is 0. The minimum absolute atomic E-state index is 0.0419. The fourth-order valence-electron chi connectivity index (χ4n) is 2.26. The van der Waals surface area contributed by atoms with E-state index in [9.17, 15) is 18.0 Å². The molecule has 1 saturated heterocycles. The van der Waals surface area contributed by atoms with E-state index in [1.54, 1.807) is 18.2 Å². The maximum absolute atomic E-state index is 12.4. The lowest BCUT2D eigenvalue weighted by atomic mass is 10.1. The minimum Gasteiger partial charge on any atom is -0.273 e. The fraction of sp³-hybridized carbons (Fsp3) is 0.143. The summed E-state index contributed by atoms with van der Waals surface area (Å²) in [5.41, 5.74) is 0. The van der Waals surface area contributed by atoms with E-state index in [1.165, 1.54) is 12.1 Å². The maximum atomic E-state index is 12.4. The molecule has 0 spiro atoms. The van der Waals surface area contributed by atoms with Crippen LogP contribution in [0.15, 0.2) is 47.4 Å². The lowest BCUT2D eigenvalue weighted by molar-refractivity contribution is -0.132. The van der Waals surface area contributed by atoms with Crippen LogP contribution >= 0.6 is 0 Å². The Morgan fingerprint density at radius 2 is 1.45 bits per heavy atom. The van der Waals surface area contributed by atoms with Crippen molar-refractivity contribution in [2.75, 3.05) is 0 Å². The molecule has 1 heterocycles. The Balaban J connectivity index is 2.14. The van der Waals surface area contributed by atoms with Crippen molar-refractivity contribution in [3.63, 3.8) is 0 Å². The van der Waals surface area contributed by atoms with Gasteiger partial charge in [0, 0.05) is 12.8 Å². The third kappa shape index (κ3) is 1.89. The molecule has 1 fully saturated rings. The Morgan fingerprint density at radius 1 is 0.850 bits per heavy atom. The van der Waals surface area contributed by atoms with Crippen molar-refractivity contribution in [3.8, 4) is 0 Å². The van der Waals surface area contributed by atoms with E-state index < -0.39 is 21.8 Å². The first-order valence-electron chi connectivity index (χ1n) is 6.10. The monoisotopic (exact) mass is 289 g/mol. The summed E-state index contributed by atoms with van der Waals surface area (Å²) in [6, 6.07) is 11.8. The molecular weight excluding hydrogens is 278 g/mol. The van der Waals surface area contributed by atoms with E-state index in [-0.39, 0.29) is 17.7 Å². The van der Waals surface area contributed by atoms with Gasteiger partial charge in [-0.2, -0.15) is 4.31 Å². The highest BCUT2D eigenvalue weighted by Crippen LogP contribution is 2.25. The smallest absolute Gasteiger partial charge is 0.273 e. The van der Waals surface area contributed by atoms with Crippen molar-refractivity contribution in [3.05, 3.63) is 42.5 Å². The summed E-state index contributed by atoms with van der Waals surface area (Å²) in [6.07, 6.45) is -0.0999. The average molecular weight is 289 g/mol. The van der Waals surface area contributed by atoms with E-state index in [1.807, 2.05) is 12.1 Å². The van der Waals surface area contributed by atoms with E-state index in [2.05, 4.69) is 0 Å². The van der Waals surface area contributed by atoms with Gasteiger partial charge in [-0.1, -0.05) is 30.3 Å². The second-order valence-corrected chi connectivity index (χ2v) is 6.35.